The molecular formula is C41H25N3O. The van der Waals surface area contributed by atoms with E-state index in [-0.39, 0.29) is 51.0 Å². The van der Waals surface area contributed by atoms with Gasteiger partial charge in [0.25, 0.3) is 0 Å². The molecule has 0 aliphatic heterocycles. The van der Waals surface area contributed by atoms with Crippen LogP contribution in [0, 0.1) is 0 Å². The van der Waals surface area contributed by atoms with Crippen molar-refractivity contribution in [3.63, 3.8) is 0 Å². The van der Waals surface area contributed by atoms with Crippen LogP contribution in [-0.2, 0) is 0 Å². The van der Waals surface area contributed by atoms with E-state index in [2.05, 4.69) is 9.97 Å². The Kier molecular flexibility index (Phi) is 3.79. The second-order valence-electron chi connectivity index (χ2n) is 10.4. The molecule has 0 saturated carbocycles. The fraction of sp³-hybridized carbons (Fsp3) is 0. The zero-order valence-corrected chi connectivity index (χ0v) is 23.3. The molecule has 0 bridgehead atoms. The number of aromatic nitrogens is 3. The van der Waals surface area contributed by atoms with Crippen LogP contribution < -0.4 is 0 Å². The van der Waals surface area contributed by atoms with Gasteiger partial charge in [0, 0.05) is 27.5 Å². The van der Waals surface area contributed by atoms with Crippen molar-refractivity contribution in [2.24, 2.45) is 0 Å². The number of para-hydroxylation sites is 1. The second kappa shape index (κ2) is 10.2. The number of fused-ring (bicyclic) bond motifs is 5. The van der Waals surface area contributed by atoms with E-state index in [1.807, 2.05) is 48.5 Å². The predicted molar refractivity (Wildman–Crippen MR) is 184 cm³/mol. The fourth-order valence-corrected chi connectivity index (χ4v) is 5.79. The van der Waals surface area contributed by atoms with Gasteiger partial charge in [-0.2, -0.15) is 0 Å². The molecule has 2 aromatic heterocycles. The molecule has 9 aromatic rings. The Morgan fingerprint density at radius 1 is 0.422 bits per heavy atom. The van der Waals surface area contributed by atoms with E-state index in [1.54, 1.807) is 36.4 Å². The molecule has 0 aliphatic rings. The quantitative estimate of drug-likeness (QED) is 0.206. The Morgan fingerprint density at radius 3 is 1.91 bits per heavy atom. The summed E-state index contributed by atoms with van der Waals surface area (Å²) in [7, 11) is 0. The molecule has 4 nitrogen and oxygen atoms in total. The van der Waals surface area contributed by atoms with Gasteiger partial charge in [-0.05, 0) is 44.8 Å². The van der Waals surface area contributed by atoms with Crippen LogP contribution in [0.1, 0.15) is 15.1 Å². The van der Waals surface area contributed by atoms with Crippen molar-refractivity contribution >= 4 is 43.5 Å². The third-order valence-electron chi connectivity index (χ3n) is 7.79. The first-order valence-corrected chi connectivity index (χ1v) is 14.1. The Bertz CT molecular complexity index is 3150. The van der Waals surface area contributed by atoms with Crippen LogP contribution in [0.4, 0.5) is 0 Å². The van der Waals surface area contributed by atoms with Crippen LogP contribution in [-0.4, -0.2) is 15.0 Å². The number of furan rings is 1. The van der Waals surface area contributed by atoms with Crippen molar-refractivity contribution < 1.29 is 19.5 Å². The summed E-state index contributed by atoms with van der Waals surface area (Å²) in [5.74, 6) is -0.684. The first-order valence-electron chi connectivity index (χ1n) is 19.6. The largest absolute Gasteiger partial charge is 0.456 e. The molecule has 0 amide bonds. The molecule has 0 saturated heterocycles. The standard InChI is InChI=1S/C41H25N3O/c1-2-13-27(14-3-1)39-42-40(44-41(43-39)35-23-11-25-37-38(35)34-17-6-7-24-36(34)45-37)33-22-10-20-31-30(19-9-21-32(31)33)29-18-8-15-26-12-4-5-16-28(26)29/h1-25H/i1D,2D,3D,9D,10D,13D,14D,19D,20D,21D,22D. The van der Waals surface area contributed by atoms with Gasteiger partial charge in [-0.25, -0.2) is 15.0 Å². The minimum absolute atomic E-state index is 0.0300. The van der Waals surface area contributed by atoms with Gasteiger partial charge in [-0.1, -0.05) is 139 Å². The number of hydrogen-bond donors (Lipinski definition) is 0. The highest BCUT2D eigenvalue weighted by Gasteiger charge is 2.19. The summed E-state index contributed by atoms with van der Waals surface area (Å²) in [4.78, 5) is 14.1. The van der Waals surface area contributed by atoms with E-state index in [4.69, 9.17) is 21.7 Å². The summed E-state index contributed by atoms with van der Waals surface area (Å²) in [6, 6.07) is 19.4. The highest BCUT2D eigenvalue weighted by atomic mass is 16.3. The summed E-state index contributed by atoms with van der Waals surface area (Å²) in [6.45, 7) is 0. The fourth-order valence-electron chi connectivity index (χ4n) is 5.79. The van der Waals surface area contributed by atoms with Crippen molar-refractivity contribution in [1.82, 2.24) is 15.0 Å². The monoisotopic (exact) mass is 586 g/mol. The molecule has 0 spiro atoms. The third kappa shape index (κ3) is 4.19. The SMILES string of the molecule is [2H]c1c([2H])c([2H])c(-c2nc(-c3c([2H])c([2H])c([2H])c4c(-c5cccc6ccccc56)c([2H])c([2H])c([2H])c34)nc(-c3cccc4oc5ccccc5c34)n2)c([2H])c1[2H]. The molecule has 2 heterocycles. The highest BCUT2D eigenvalue weighted by molar-refractivity contribution is 6.12. The van der Waals surface area contributed by atoms with E-state index in [0.29, 0.717) is 33.1 Å². The van der Waals surface area contributed by atoms with Crippen LogP contribution in [0.25, 0.3) is 88.8 Å². The van der Waals surface area contributed by atoms with Gasteiger partial charge in [0.1, 0.15) is 11.2 Å². The highest BCUT2D eigenvalue weighted by Crippen LogP contribution is 2.39. The van der Waals surface area contributed by atoms with Gasteiger partial charge < -0.3 is 4.42 Å². The van der Waals surface area contributed by atoms with Crippen molar-refractivity contribution in [3.05, 3.63) is 151 Å². The molecule has 7 aromatic carbocycles. The van der Waals surface area contributed by atoms with Crippen LogP contribution >= 0.6 is 0 Å². The molecule has 0 atom stereocenters. The lowest BCUT2D eigenvalue weighted by Crippen LogP contribution is -2.01. The lowest BCUT2D eigenvalue weighted by molar-refractivity contribution is 0.669. The number of benzene rings is 7. The lowest BCUT2D eigenvalue weighted by Gasteiger charge is -2.14. The van der Waals surface area contributed by atoms with Gasteiger partial charge in [0.15, 0.2) is 17.5 Å². The molecule has 0 radical (unpaired) electrons. The molecule has 0 aliphatic carbocycles. The van der Waals surface area contributed by atoms with Gasteiger partial charge in [-0.15, -0.1) is 0 Å². The van der Waals surface area contributed by atoms with E-state index < -0.39 is 60.4 Å². The summed E-state index contributed by atoms with van der Waals surface area (Å²) in [5.41, 5.74) is 1.52. The Morgan fingerprint density at radius 2 is 1.04 bits per heavy atom. The van der Waals surface area contributed by atoms with E-state index in [1.165, 1.54) is 0 Å². The Hall–Kier alpha value is -6.13. The minimum atomic E-state index is -0.624. The summed E-state index contributed by atoms with van der Waals surface area (Å²) < 4.78 is 103. The number of nitrogens with zero attached hydrogens (tertiary/aromatic N) is 3. The van der Waals surface area contributed by atoms with Crippen molar-refractivity contribution in [1.29, 1.82) is 0 Å². The van der Waals surface area contributed by atoms with Crippen molar-refractivity contribution in [2.45, 2.75) is 0 Å². The van der Waals surface area contributed by atoms with Crippen molar-refractivity contribution in [3.8, 4) is 45.3 Å². The lowest BCUT2D eigenvalue weighted by atomic mass is 9.92. The zero-order chi connectivity index (χ0) is 39.3. The van der Waals surface area contributed by atoms with Gasteiger partial charge in [-0.3, -0.25) is 0 Å². The van der Waals surface area contributed by atoms with Gasteiger partial charge in [0.05, 0.1) is 15.1 Å². The Balaban J connectivity index is 1.46. The first-order chi connectivity index (χ1) is 26.9. The molecule has 0 fully saturated rings. The summed E-state index contributed by atoms with van der Waals surface area (Å²) in [5, 5.41) is 2.69. The van der Waals surface area contributed by atoms with Crippen LogP contribution in [0.15, 0.2) is 156 Å². The van der Waals surface area contributed by atoms with Gasteiger partial charge in [0.2, 0.25) is 0 Å². The molecule has 0 N–H and O–H groups in total. The van der Waals surface area contributed by atoms with Gasteiger partial charge >= 0.3 is 0 Å². The maximum atomic E-state index is 9.25. The summed E-state index contributed by atoms with van der Waals surface area (Å²) >= 11 is 0. The van der Waals surface area contributed by atoms with Crippen molar-refractivity contribution in [2.75, 3.05) is 0 Å². The maximum absolute atomic E-state index is 9.25. The van der Waals surface area contributed by atoms with Crippen LogP contribution in [0.2, 0.25) is 0 Å². The Labute approximate surface area is 274 Å². The van der Waals surface area contributed by atoms with E-state index >= 15 is 0 Å². The summed E-state index contributed by atoms with van der Waals surface area (Å²) in [6.07, 6.45) is 0. The van der Waals surface area contributed by atoms with E-state index in [9.17, 15) is 2.74 Å². The average molecular weight is 587 g/mol. The smallest absolute Gasteiger partial charge is 0.164 e. The molecule has 0 unspecified atom stereocenters. The van der Waals surface area contributed by atoms with E-state index in [0.717, 1.165) is 10.8 Å². The third-order valence-corrected chi connectivity index (χ3v) is 7.79. The normalized spacial score (nSPS) is 15.0. The van der Waals surface area contributed by atoms with Crippen LogP contribution in [0.3, 0.4) is 0 Å². The molecular weight excluding hydrogens is 550 g/mol. The first kappa shape index (κ1) is 16.6. The molecule has 210 valence electrons. The van der Waals surface area contributed by atoms with Crippen LogP contribution in [0.5, 0.6) is 0 Å². The molecule has 45 heavy (non-hydrogen) atoms. The number of rotatable bonds is 4. The average Bonchev–Trinajstić information content (AvgIpc) is 3.60. The topological polar surface area (TPSA) is 51.8 Å². The second-order valence-corrected chi connectivity index (χ2v) is 10.4. The number of hydrogen-bond acceptors (Lipinski definition) is 4. The predicted octanol–water partition coefficient (Wildman–Crippen LogP) is 10.7. The minimum Gasteiger partial charge on any atom is -0.456 e. The maximum Gasteiger partial charge on any atom is 0.164 e. The molecule has 4 heteroatoms. The zero-order valence-electron chi connectivity index (χ0n) is 34.3. The molecule has 9 rings (SSSR count).